The molecule has 0 aliphatic carbocycles. The Morgan fingerprint density at radius 2 is 1.74 bits per heavy atom. The van der Waals surface area contributed by atoms with Gasteiger partial charge in [0.25, 0.3) is 0 Å². The molecule has 0 aliphatic rings. The van der Waals surface area contributed by atoms with Crippen molar-refractivity contribution in [1.29, 1.82) is 0 Å². The second kappa shape index (κ2) is 11.6. The number of ether oxygens (including phenoxy) is 4. The first kappa shape index (κ1) is 27.1. The van der Waals surface area contributed by atoms with Crippen molar-refractivity contribution >= 4 is 73.8 Å². The predicted octanol–water partition coefficient (Wildman–Crippen LogP) is 5.96. The van der Waals surface area contributed by atoms with Crippen molar-refractivity contribution in [2.45, 2.75) is 6.61 Å². The summed E-state index contributed by atoms with van der Waals surface area (Å²) in [4.78, 5) is 41.2. The number of amides is 2. The lowest BCUT2D eigenvalue weighted by atomic mass is 10.2. The Hall–Kier alpha value is -3.94. The molecule has 2 N–H and O–H groups in total. The molecule has 2 aromatic carbocycles. The van der Waals surface area contributed by atoms with Crippen molar-refractivity contribution in [2.24, 2.45) is 0 Å². The lowest BCUT2D eigenvalue weighted by molar-refractivity contribution is 0.0561. The van der Waals surface area contributed by atoms with Crippen molar-refractivity contribution in [3.05, 3.63) is 62.0 Å². The number of nitrogens with zero attached hydrogens (tertiary/aromatic N) is 1. The molecule has 0 atom stereocenters. The lowest BCUT2D eigenvalue weighted by Crippen LogP contribution is -2.22. The molecule has 0 radical (unpaired) electrons. The number of fused-ring (bicyclic) bond motifs is 1. The molecule has 10 nitrogen and oxygen atoms in total. The van der Waals surface area contributed by atoms with Crippen molar-refractivity contribution in [2.75, 3.05) is 32.0 Å². The van der Waals surface area contributed by atoms with Gasteiger partial charge in [-0.05, 0) is 12.1 Å². The molecule has 14 heteroatoms. The number of thiazole rings is 1. The number of benzene rings is 2. The van der Waals surface area contributed by atoms with E-state index >= 15 is 0 Å². The van der Waals surface area contributed by atoms with Crippen LogP contribution in [0, 0.1) is 5.82 Å². The minimum absolute atomic E-state index is 0.00122. The fourth-order valence-corrected chi connectivity index (χ4v) is 5.24. The Kier molecular flexibility index (Phi) is 8.29. The number of rotatable bonds is 8. The van der Waals surface area contributed by atoms with Crippen LogP contribution in [0.2, 0.25) is 5.02 Å². The van der Waals surface area contributed by atoms with E-state index in [2.05, 4.69) is 20.4 Å². The number of hydrogen-bond donors (Lipinski definition) is 2. The molecule has 0 bridgehead atoms. The number of aromatic nitrogens is 1. The molecule has 4 rings (SSSR count). The van der Waals surface area contributed by atoms with E-state index in [1.165, 1.54) is 29.9 Å². The zero-order chi connectivity index (χ0) is 27.4. The van der Waals surface area contributed by atoms with Gasteiger partial charge in [0.05, 0.1) is 48.4 Å². The van der Waals surface area contributed by atoms with E-state index in [0.717, 1.165) is 36.3 Å². The van der Waals surface area contributed by atoms with Gasteiger partial charge in [0.15, 0.2) is 17.3 Å². The van der Waals surface area contributed by atoms with E-state index in [4.69, 9.17) is 25.8 Å². The van der Waals surface area contributed by atoms with Gasteiger partial charge in [-0.3, -0.25) is 0 Å². The molecule has 0 aliphatic heterocycles. The maximum atomic E-state index is 14.8. The average molecular weight is 580 g/mol. The van der Waals surface area contributed by atoms with Crippen molar-refractivity contribution in [3.8, 4) is 11.5 Å². The van der Waals surface area contributed by atoms with Crippen LogP contribution in [0.3, 0.4) is 0 Å². The minimum atomic E-state index is -0.894. The molecule has 0 saturated heterocycles. The zero-order valence-corrected chi connectivity index (χ0v) is 22.4. The van der Waals surface area contributed by atoms with E-state index in [0.29, 0.717) is 16.1 Å². The summed E-state index contributed by atoms with van der Waals surface area (Å²) in [6.45, 7) is 0.00122. The van der Waals surface area contributed by atoms with E-state index in [1.54, 1.807) is 11.6 Å². The number of carbonyl (C=O) groups excluding carboxylic acids is 3. The van der Waals surface area contributed by atoms with Crippen molar-refractivity contribution < 1.29 is 37.7 Å². The van der Waals surface area contributed by atoms with Crippen LogP contribution in [0.15, 0.2) is 35.2 Å². The van der Waals surface area contributed by atoms with Gasteiger partial charge in [-0.2, -0.15) is 0 Å². The Morgan fingerprint density at radius 3 is 2.45 bits per heavy atom. The predicted molar refractivity (Wildman–Crippen MR) is 142 cm³/mol. The van der Waals surface area contributed by atoms with Crippen LogP contribution in [0.1, 0.15) is 25.6 Å². The SMILES string of the molecule is COC(=O)c1scc(NC(=O)Nc2cc(OCc3c(Cl)ccc4scnc34)c(OC)cc2F)c1C(=O)OC. The third kappa shape index (κ3) is 5.49. The van der Waals surface area contributed by atoms with Gasteiger partial charge in [-0.25, -0.2) is 23.8 Å². The number of anilines is 2. The second-order valence-corrected chi connectivity index (χ2v) is 9.59. The van der Waals surface area contributed by atoms with Gasteiger partial charge < -0.3 is 29.6 Å². The highest BCUT2D eigenvalue weighted by Gasteiger charge is 2.26. The Morgan fingerprint density at radius 1 is 1.00 bits per heavy atom. The quantitative estimate of drug-likeness (QED) is 0.245. The van der Waals surface area contributed by atoms with Gasteiger partial charge in [-0.1, -0.05) is 11.6 Å². The summed E-state index contributed by atoms with van der Waals surface area (Å²) in [5.74, 6) is -2.23. The number of halogens is 2. The van der Waals surface area contributed by atoms with E-state index < -0.39 is 23.8 Å². The lowest BCUT2D eigenvalue weighted by Gasteiger charge is -2.15. The summed E-state index contributed by atoms with van der Waals surface area (Å²) in [5, 5.41) is 6.59. The number of hydrogen-bond acceptors (Lipinski definition) is 10. The van der Waals surface area contributed by atoms with Gasteiger partial charge in [0.2, 0.25) is 0 Å². The summed E-state index contributed by atoms with van der Waals surface area (Å²) in [6, 6.07) is 4.99. The smallest absolute Gasteiger partial charge is 0.349 e. The normalized spacial score (nSPS) is 10.7. The van der Waals surface area contributed by atoms with Crippen LogP contribution in [0.25, 0.3) is 10.2 Å². The molecule has 0 fully saturated rings. The maximum absolute atomic E-state index is 14.8. The molecule has 198 valence electrons. The first-order valence-corrected chi connectivity index (χ1v) is 12.8. The summed E-state index contributed by atoms with van der Waals surface area (Å²) in [7, 11) is 3.63. The summed E-state index contributed by atoms with van der Waals surface area (Å²) < 4.78 is 36.2. The second-order valence-electron chi connectivity index (χ2n) is 7.41. The number of methoxy groups -OCH3 is 3. The number of urea groups is 1. The number of nitrogens with one attached hydrogen (secondary N) is 2. The molecule has 38 heavy (non-hydrogen) atoms. The summed E-state index contributed by atoms with van der Waals surface area (Å²) in [6.07, 6.45) is 0. The monoisotopic (exact) mass is 579 g/mol. The van der Waals surface area contributed by atoms with Gasteiger partial charge in [0, 0.05) is 28.1 Å². The molecular weight excluding hydrogens is 561 g/mol. The van der Waals surface area contributed by atoms with Crippen LogP contribution >= 0.6 is 34.3 Å². The molecule has 4 aromatic rings. The van der Waals surface area contributed by atoms with Crippen LogP contribution in [0.5, 0.6) is 11.5 Å². The maximum Gasteiger partial charge on any atom is 0.349 e. The molecule has 2 heterocycles. The third-order valence-corrected chi connectivity index (χ3v) is 7.33. The minimum Gasteiger partial charge on any atom is -0.493 e. The fourth-order valence-electron chi connectivity index (χ4n) is 3.43. The number of esters is 2. The van der Waals surface area contributed by atoms with E-state index in [9.17, 15) is 18.8 Å². The van der Waals surface area contributed by atoms with Crippen LogP contribution < -0.4 is 20.1 Å². The Balaban J connectivity index is 1.56. The van der Waals surface area contributed by atoms with Crippen molar-refractivity contribution in [3.63, 3.8) is 0 Å². The third-order valence-electron chi connectivity index (χ3n) is 5.22. The summed E-state index contributed by atoms with van der Waals surface area (Å²) in [5.41, 5.74) is 2.57. The molecule has 0 saturated carbocycles. The van der Waals surface area contributed by atoms with Gasteiger partial charge >= 0.3 is 18.0 Å². The van der Waals surface area contributed by atoms with Crippen molar-refractivity contribution in [1.82, 2.24) is 4.98 Å². The Labute approximate surface area is 228 Å². The molecule has 0 spiro atoms. The standard InChI is InChI=1S/C24H19ClFN3O7S2/c1-33-16-6-13(26)14(7-17(16)36-8-11-12(25)4-5-18-20(11)27-10-38-18)28-24(32)29-15-9-37-21(23(31)35-3)19(15)22(30)34-2/h4-7,9-10H,8H2,1-3H3,(H2,28,29,32). The summed E-state index contributed by atoms with van der Waals surface area (Å²) >= 11 is 8.67. The highest BCUT2D eigenvalue weighted by atomic mass is 35.5. The topological polar surface area (TPSA) is 125 Å². The van der Waals surface area contributed by atoms with Gasteiger partial charge in [-0.15, -0.1) is 22.7 Å². The highest BCUT2D eigenvalue weighted by Crippen LogP contribution is 2.35. The van der Waals surface area contributed by atoms with E-state index in [-0.39, 0.29) is 39.9 Å². The van der Waals surface area contributed by atoms with Gasteiger partial charge in [0.1, 0.15) is 17.0 Å². The first-order chi connectivity index (χ1) is 18.3. The Bertz CT molecular complexity index is 1540. The first-order valence-electron chi connectivity index (χ1n) is 10.6. The van der Waals surface area contributed by atoms with E-state index in [1.807, 2.05) is 6.07 Å². The number of thiophene rings is 1. The highest BCUT2D eigenvalue weighted by molar-refractivity contribution is 7.16. The molecule has 2 aromatic heterocycles. The molecule has 0 unspecified atom stereocenters. The van der Waals surface area contributed by atoms with Crippen LogP contribution in [0.4, 0.5) is 20.6 Å². The van der Waals surface area contributed by atoms with Crippen LogP contribution in [-0.2, 0) is 16.1 Å². The molecular formula is C24H19ClFN3O7S2. The average Bonchev–Trinajstić information content (AvgIpc) is 3.55. The fraction of sp³-hybridized carbons (Fsp3) is 0.167. The zero-order valence-electron chi connectivity index (χ0n) is 20.0. The van der Waals surface area contributed by atoms with Crippen LogP contribution in [-0.4, -0.2) is 44.3 Å². The largest absolute Gasteiger partial charge is 0.493 e. The number of carbonyl (C=O) groups is 3. The molecule has 2 amide bonds.